The second-order valence-corrected chi connectivity index (χ2v) is 6.87. The highest BCUT2D eigenvalue weighted by molar-refractivity contribution is 5.68. The molecule has 0 spiro atoms. The fraction of sp³-hybridized carbons (Fsp3) is 0.588. The molecule has 0 aliphatic carbocycles. The van der Waals surface area contributed by atoms with Crippen molar-refractivity contribution in [3.8, 4) is 0 Å². The lowest BCUT2D eigenvalue weighted by Crippen LogP contribution is -2.47. The van der Waals surface area contributed by atoms with E-state index < -0.39 is 5.60 Å². The second-order valence-electron chi connectivity index (χ2n) is 6.87. The normalized spacial score (nSPS) is 22.5. The zero-order chi connectivity index (χ0) is 16.3. The van der Waals surface area contributed by atoms with E-state index in [0.29, 0.717) is 19.6 Å². The number of ether oxygens (including phenoxy) is 1. The number of amides is 1. The maximum atomic E-state index is 13.1. The van der Waals surface area contributed by atoms with Crippen molar-refractivity contribution in [2.45, 2.75) is 38.7 Å². The summed E-state index contributed by atoms with van der Waals surface area (Å²) in [6, 6.07) is 6.57. The Bertz CT molecular complexity index is 510. The van der Waals surface area contributed by atoms with Gasteiger partial charge in [0.05, 0.1) is 0 Å². The van der Waals surface area contributed by atoms with Crippen LogP contribution < -0.4 is 5.73 Å². The SMILES string of the molecule is CC(C)(C)OC(=O)N1CC[C@H](c2ccc(F)cc2)[C@H](CN)C1. The number of likely N-dealkylation sites (tertiary alicyclic amines) is 1. The largest absolute Gasteiger partial charge is 0.444 e. The monoisotopic (exact) mass is 308 g/mol. The van der Waals surface area contributed by atoms with Crippen LogP contribution in [0, 0.1) is 11.7 Å². The first-order chi connectivity index (χ1) is 10.3. The minimum atomic E-state index is -0.497. The molecule has 0 bridgehead atoms. The van der Waals surface area contributed by atoms with Crippen LogP contribution in [0.4, 0.5) is 9.18 Å². The van der Waals surface area contributed by atoms with Crippen molar-refractivity contribution >= 4 is 6.09 Å². The summed E-state index contributed by atoms with van der Waals surface area (Å²) < 4.78 is 18.5. The molecule has 1 fully saturated rings. The van der Waals surface area contributed by atoms with Crippen LogP contribution in [0.25, 0.3) is 0 Å². The predicted molar refractivity (Wildman–Crippen MR) is 84.1 cm³/mol. The molecule has 2 N–H and O–H groups in total. The third kappa shape index (κ3) is 4.19. The summed E-state index contributed by atoms with van der Waals surface area (Å²) in [5.41, 5.74) is 6.48. The van der Waals surface area contributed by atoms with E-state index >= 15 is 0 Å². The van der Waals surface area contributed by atoms with Crippen LogP contribution in [0.1, 0.15) is 38.7 Å². The van der Waals surface area contributed by atoms with Crippen LogP contribution in [0.3, 0.4) is 0 Å². The molecule has 5 heteroatoms. The highest BCUT2D eigenvalue weighted by Gasteiger charge is 2.33. The minimum Gasteiger partial charge on any atom is -0.444 e. The van der Waals surface area contributed by atoms with E-state index in [1.807, 2.05) is 32.9 Å². The molecule has 0 unspecified atom stereocenters. The number of nitrogens with two attached hydrogens (primary N) is 1. The van der Waals surface area contributed by atoms with Crippen molar-refractivity contribution in [3.63, 3.8) is 0 Å². The fourth-order valence-corrected chi connectivity index (χ4v) is 2.91. The summed E-state index contributed by atoms with van der Waals surface area (Å²) in [5.74, 6) is 0.176. The highest BCUT2D eigenvalue weighted by atomic mass is 19.1. The average molecular weight is 308 g/mol. The molecular weight excluding hydrogens is 283 g/mol. The summed E-state index contributed by atoms with van der Waals surface area (Å²) in [6.07, 6.45) is 0.524. The molecule has 1 aromatic carbocycles. The molecule has 1 aromatic rings. The topological polar surface area (TPSA) is 55.6 Å². The first kappa shape index (κ1) is 16.7. The van der Waals surface area contributed by atoms with Crippen molar-refractivity contribution in [2.24, 2.45) is 11.7 Å². The maximum absolute atomic E-state index is 13.1. The molecule has 0 radical (unpaired) electrons. The van der Waals surface area contributed by atoms with Gasteiger partial charge in [-0.15, -0.1) is 0 Å². The Balaban J connectivity index is 2.05. The van der Waals surface area contributed by atoms with Gasteiger partial charge in [0, 0.05) is 13.1 Å². The van der Waals surface area contributed by atoms with Gasteiger partial charge in [0.15, 0.2) is 0 Å². The summed E-state index contributed by atoms with van der Waals surface area (Å²) in [4.78, 5) is 13.9. The molecule has 122 valence electrons. The third-order valence-electron chi connectivity index (χ3n) is 3.99. The van der Waals surface area contributed by atoms with Crippen LogP contribution in [0.2, 0.25) is 0 Å². The molecule has 0 saturated carbocycles. The minimum absolute atomic E-state index is 0.159. The van der Waals surface area contributed by atoms with Crippen molar-refractivity contribution in [1.82, 2.24) is 4.90 Å². The molecule has 1 heterocycles. The van der Waals surface area contributed by atoms with Crippen molar-refractivity contribution < 1.29 is 13.9 Å². The average Bonchev–Trinajstić information content (AvgIpc) is 2.45. The van der Waals surface area contributed by atoms with Crippen molar-refractivity contribution in [2.75, 3.05) is 19.6 Å². The molecule has 2 rings (SSSR count). The van der Waals surface area contributed by atoms with E-state index in [9.17, 15) is 9.18 Å². The fourth-order valence-electron chi connectivity index (χ4n) is 2.91. The quantitative estimate of drug-likeness (QED) is 0.913. The van der Waals surface area contributed by atoms with Gasteiger partial charge in [-0.25, -0.2) is 9.18 Å². The van der Waals surface area contributed by atoms with Crippen LogP contribution in [0.5, 0.6) is 0 Å². The number of piperidine rings is 1. The zero-order valence-corrected chi connectivity index (χ0v) is 13.5. The van der Waals surface area contributed by atoms with Crippen molar-refractivity contribution in [1.29, 1.82) is 0 Å². The second kappa shape index (κ2) is 6.65. The Morgan fingerprint density at radius 2 is 2.00 bits per heavy atom. The van der Waals surface area contributed by atoms with E-state index in [2.05, 4.69) is 0 Å². The molecule has 2 atom stereocenters. The molecule has 0 aromatic heterocycles. The molecule has 4 nitrogen and oxygen atoms in total. The van der Waals surface area contributed by atoms with Crippen LogP contribution in [0.15, 0.2) is 24.3 Å². The van der Waals surface area contributed by atoms with Gasteiger partial charge < -0.3 is 15.4 Å². The number of nitrogens with zero attached hydrogens (tertiary/aromatic N) is 1. The highest BCUT2D eigenvalue weighted by Crippen LogP contribution is 2.33. The molecular formula is C17H25FN2O2. The van der Waals surface area contributed by atoms with E-state index in [1.165, 1.54) is 12.1 Å². The summed E-state index contributed by atoms with van der Waals surface area (Å²) in [7, 11) is 0. The van der Waals surface area contributed by atoms with Gasteiger partial charge in [0.2, 0.25) is 0 Å². The summed E-state index contributed by atoms with van der Waals surface area (Å²) >= 11 is 0. The summed E-state index contributed by atoms with van der Waals surface area (Å²) in [5, 5.41) is 0. The van der Waals surface area contributed by atoms with Gasteiger partial charge in [-0.3, -0.25) is 0 Å². The lowest BCUT2D eigenvalue weighted by molar-refractivity contribution is 0.0150. The first-order valence-corrected chi connectivity index (χ1v) is 7.73. The lowest BCUT2D eigenvalue weighted by Gasteiger charge is -2.38. The van der Waals surface area contributed by atoms with Crippen LogP contribution in [-0.4, -0.2) is 36.2 Å². The molecule has 22 heavy (non-hydrogen) atoms. The van der Waals surface area contributed by atoms with Gasteiger partial charge in [-0.05, 0) is 63.3 Å². The Morgan fingerprint density at radius 3 is 2.55 bits per heavy atom. The van der Waals surface area contributed by atoms with Gasteiger partial charge in [-0.1, -0.05) is 12.1 Å². The number of carbonyl (C=O) groups excluding carboxylic acids is 1. The Labute approximate surface area is 131 Å². The van der Waals surface area contributed by atoms with E-state index in [-0.39, 0.29) is 23.7 Å². The number of carbonyl (C=O) groups is 1. The van der Waals surface area contributed by atoms with Gasteiger partial charge >= 0.3 is 6.09 Å². The Hall–Kier alpha value is -1.62. The molecule has 1 amide bonds. The molecule has 1 saturated heterocycles. The van der Waals surface area contributed by atoms with E-state index in [4.69, 9.17) is 10.5 Å². The molecule has 1 aliphatic heterocycles. The third-order valence-corrected chi connectivity index (χ3v) is 3.99. The van der Waals surface area contributed by atoms with Gasteiger partial charge in [0.1, 0.15) is 11.4 Å². The lowest BCUT2D eigenvalue weighted by atomic mass is 9.80. The van der Waals surface area contributed by atoms with E-state index in [0.717, 1.165) is 12.0 Å². The predicted octanol–water partition coefficient (Wildman–Crippen LogP) is 3.13. The van der Waals surface area contributed by atoms with Crippen LogP contribution >= 0.6 is 0 Å². The van der Waals surface area contributed by atoms with Crippen LogP contribution in [-0.2, 0) is 4.74 Å². The number of hydrogen-bond acceptors (Lipinski definition) is 3. The number of hydrogen-bond donors (Lipinski definition) is 1. The number of rotatable bonds is 2. The number of halogens is 1. The first-order valence-electron chi connectivity index (χ1n) is 7.73. The zero-order valence-electron chi connectivity index (χ0n) is 13.5. The maximum Gasteiger partial charge on any atom is 0.410 e. The van der Waals surface area contributed by atoms with E-state index in [1.54, 1.807) is 4.90 Å². The Kier molecular flexibility index (Phi) is 5.06. The molecule has 1 aliphatic rings. The summed E-state index contributed by atoms with van der Waals surface area (Å²) in [6.45, 7) is 7.27. The Morgan fingerprint density at radius 1 is 1.36 bits per heavy atom. The number of benzene rings is 1. The smallest absolute Gasteiger partial charge is 0.410 e. The van der Waals surface area contributed by atoms with Gasteiger partial charge in [0.25, 0.3) is 0 Å². The van der Waals surface area contributed by atoms with Gasteiger partial charge in [-0.2, -0.15) is 0 Å². The van der Waals surface area contributed by atoms with Crippen molar-refractivity contribution in [3.05, 3.63) is 35.6 Å². The standard InChI is InChI=1S/C17H25FN2O2/c1-17(2,3)22-16(21)20-9-8-15(13(10-19)11-20)12-4-6-14(18)7-5-12/h4-7,13,15H,8-11,19H2,1-3H3/t13-,15-/m1/s1.